The van der Waals surface area contributed by atoms with Gasteiger partial charge in [0.15, 0.2) is 0 Å². The van der Waals surface area contributed by atoms with Crippen LogP contribution in [0, 0.1) is 0 Å². The average molecular weight is 333 g/mol. The van der Waals surface area contributed by atoms with Crippen LogP contribution in [-0.2, 0) is 9.53 Å². The molecule has 21 heavy (non-hydrogen) atoms. The van der Waals surface area contributed by atoms with Crippen LogP contribution in [0.4, 0.5) is 5.69 Å². The third-order valence-electron chi connectivity index (χ3n) is 3.10. The van der Waals surface area contributed by atoms with Crippen molar-refractivity contribution in [2.75, 3.05) is 25.0 Å². The fourth-order valence-electron chi connectivity index (χ4n) is 1.81. The quantitative estimate of drug-likeness (QED) is 0.767. The number of hydrogen-bond acceptors (Lipinski definition) is 4. The van der Waals surface area contributed by atoms with Gasteiger partial charge in [0.1, 0.15) is 6.61 Å². The lowest BCUT2D eigenvalue weighted by Crippen LogP contribution is -2.59. The lowest BCUT2D eigenvalue weighted by molar-refractivity contribution is -0.130. The molecule has 3 N–H and O–H groups in total. The van der Waals surface area contributed by atoms with Crippen molar-refractivity contribution < 1.29 is 19.4 Å². The average Bonchev–Trinajstić information content (AvgIpc) is 2.38. The first-order valence-corrected chi connectivity index (χ1v) is 6.93. The van der Waals surface area contributed by atoms with Crippen molar-refractivity contribution in [1.82, 2.24) is 5.32 Å². The van der Waals surface area contributed by atoms with E-state index in [2.05, 4.69) is 10.6 Å². The number of aromatic carboxylic acids is 1. The summed E-state index contributed by atoms with van der Waals surface area (Å²) in [5.74, 6) is -1.56. The van der Waals surface area contributed by atoms with Crippen molar-refractivity contribution in [3.05, 3.63) is 27.7 Å². The highest BCUT2D eigenvalue weighted by atomic mass is 35.5. The molecule has 0 aromatic heterocycles. The highest BCUT2D eigenvalue weighted by molar-refractivity contribution is 6.40. The molecule has 1 amide bonds. The Kier molecular flexibility index (Phi) is 4.73. The van der Waals surface area contributed by atoms with E-state index in [0.29, 0.717) is 13.1 Å². The van der Waals surface area contributed by atoms with Crippen LogP contribution in [0.3, 0.4) is 0 Å². The topological polar surface area (TPSA) is 87.7 Å². The molecule has 0 atom stereocenters. The first-order chi connectivity index (χ1) is 9.81. The largest absolute Gasteiger partial charge is 0.478 e. The summed E-state index contributed by atoms with van der Waals surface area (Å²) >= 11 is 11.9. The number of carboxylic acids is 1. The van der Waals surface area contributed by atoms with Crippen LogP contribution in [0.5, 0.6) is 0 Å². The number of anilines is 1. The van der Waals surface area contributed by atoms with Gasteiger partial charge in [-0.15, -0.1) is 0 Å². The molecule has 0 spiro atoms. The van der Waals surface area contributed by atoms with E-state index in [-0.39, 0.29) is 33.5 Å². The second kappa shape index (κ2) is 6.19. The summed E-state index contributed by atoms with van der Waals surface area (Å²) in [6, 6.07) is 2.45. The molecule has 0 bridgehead atoms. The number of carboxylic acid groups (broad SMARTS) is 1. The number of halogens is 2. The Bertz CT molecular complexity index is 565. The first-order valence-electron chi connectivity index (χ1n) is 6.18. The monoisotopic (exact) mass is 332 g/mol. The van der Waals surface area contributed by atoms with Crippen molar-refractivity contribution in [2.45, 2.75) is 12.5 Å². The minimum absolute atomic E-state index is 0.0488. The van der Waals surface area contributed by atoms with E-state index in [1.54, 1.807) is 0 Å². The van der Waals surface area contributed by atoms with Gasteiger partial charge in [-0.1, -0.05) is 23.2 Å². The van der Waals surface area contributed by atoms with Crippen LogP contribution in [0.1, 0.15) is 17.3 Å². The van der Waals surface area contributed by atoms with Crippen LogP contribution in [0.2, 0.25) is 10.0 Å². The predicted molar refractivity (Wildman–Crippen MR) is 79.3 cm³/mol. The molecule has 1 fully saturated rings. The van der Waals surface area contributed by atoms with Crippen LogP contribution in [0.25, 0.3) is 0 Å². The smallest absolute Gasteiger partial charge is 0.335 e. The maximum Gasteiger partial charge on any atom is 0.335 e. The normalized spacial score (nSPS) is 16.1. The molecular formula is C13H14Cl2N2O4. The minimum Gasteiger partial charge on any atom is -0.478 e. The molecule has 0 aliphatic carbocycles. The van der Waals surface area contributed by atoms with Crippen molar-refractivity contribution in [3.8, 4) is 0 Å². The molecule has 0 radical (unpaired) electrons. The van der Waals surface area contributed by atoms with Gasteiger partial charge in [-0.3, -0.25) is 4.79 Å². The third kappa shape index (κ3) is 3.85. The Morgan fingerprint density at radius 2 is 1.95 bits per heavy atom. The Balaban J connectivity index is 2.01. The van der Waals surface area contributed by atoms with Crippen LogP contribution < -0.4 is 10.6 Å². The molecule has 0 saturated carbocycles. The zero-order valence-corrected chi connectivity index (χ0v) is 12.7. The molecule has 114 valence electrons. The van der Waals surface area contributed by atoms with Crippen molar-refractivity contribution in [3.63, 3.8) is 0 Å². The highest BCUT2D eigenvalue weighted by Crippen LogP contribution is 2.32. The molecule has 1 aromatic carbocycles. The van der Waals surface area contributed by atoms with E-state index in [1.807, 2.05) is 6.92 Å². The maximum atomic E-state index is 11.8. The zero-order valence-electron chi connectivity index (χ0n) is 11.2. The number of ether oxygens (including phenoxy) is 1. The van der Waals surface area contributed by atoms with Crippen LogP contribution in [0.15, 0.2) is 12.1 Å². The van der Waals surface area contributed by atoms with Gasteiger partial charge in [0.2, 0.25) is 5.91 Å². The van der Waals surface area contributed by atoms with Gasteiger partial charge in [-0.2, -0.15) is 0 Å². The summed E-state index contributed by atoms with van der Waals surface area (Å²) in [5.41, 5.74) is -0.209. The van der Waals surface area contributed by atoms with Gasteiger partial charge in [-0.05, 0) is 19.1 Å². The third-order valence-corrected chi connectivity index (χ3v) is 3.70. The summed E-state index contributed by atoms with van der Waals surface area (Å²) in [7, 11) is 0. The van der Waals surface area contributed by atoms with Crippen molar-refractivity contribution >= 4 is 40.8 Å². The Morgan fingerprint density at radius 1 is 1.38 bits per heavy atom. The summed E-state index contributed by atoms with van der Waals surface area (Å²) < 4.78 is 5.49. The van der Waals surface area contributed by atoms with E-state index in [4.69, 9.17) is 33.0 Å². The van der Waals surface area contributed by atoms with Gasteiger partial charge in [0.05, 0.1) is 26.9 Å². The first kappa shape index (κ1) is 16.0. The Labute approximate surface area is 131 Å². The number of rotatable bonds is 5. The number of carbonyl (C=O) groups excluding carboxylic acids is 1. The molecule has 1 saturated heterocycles. The second-order valence-electron chi connectivity index (χ2n) is 5.01. The molecule has 1 aliphatic rings. The molecule has 8 heteroatoms. The van der Waals surface area contributed by atoms with E-state index in [0.717, 1.165) is 0 Å². The SMILES string of the molecule is CC1(OCC(=O)Nc2c(Cl)cc(C(=O)O)cc2Cl)CNC1. The predicted octanol–water partition coefficient (Wildman–Crippen LogP) is 2.01. The fraction of sp³-hybridized carbons (Fsp3) is 0.385. The standard InChI is InChI=1S/C13H14Cl2N2O4/c1-13(5-16-6-13)21-4-10(18)17-11-8(14)2-7(12(19)20)3-9(11)15/h2-3,16H,4-6H2,1H3,(H,17,18)(H,19,20). The van der Waals surface area contributed by atoms with E-state index >= 15 is 0 Å². The number of hydrogen-bond donors (Lipinski definition) is 3. The van der Waals surface area contributed by atoms with Crippen LogP contribution in [-0.4, -0.2) is 42.3 Å². The summed E-state index contributed by atoms with van der Waals surface area (Å²) in [5, 5.41) is 14.6. The molecular weight excluding hydrogens is 319 g/mol. The van der Waals surface area contributed by atoms with Gasteiger partial charge >= 0.3 is 5.97 Å². The van der Waals surface area contributed by atoms with E-state index in [1.165, 1.54) is 12.1 Å². The van der Waals surface area contributed by atoms with Crippen molar-refractivity contribution in [2.24, 2.45) is 0 Å². The van der Waals surface area contributed by atoms with Crippen LogP contribution >= 0.6 is 23.2 Å². The number of amides is 1. The summed E-state index contributed by atoms with van der Waals surface area (Å²) in [6.45, 7) is 3.15. The molecule has 1 aliphatic heterocycles. The fourth-order valence-corrected chi connectivity index (χ4v) is 2.39. The van der Waals surface area contributed by atoms with Crippen molar-refractivity contribution in [1.29, 1.82) is 0 Å². The van der Waals surface area contributed by atoms with E-state index in [9.17, 15) is 9.59 Å². The van der Waals surface area contributed by atoms with E-state index < -0.39 is 11.9 Å². The summed E-state index contributed by atoms with van der Waals surface area (Å²) in [6.07, 6.45) is 0. The molecule has 2 rings (SSSR count). The van der Waals surface area contributed by atoms with Gasteiger partial charge in [0.25, 0.3) is 0 Å². The molecule has 1 aromatic rings. The lowest BCUT2D eigenvalue weighted by Gasteiger charge is -2.38. The van der Waals surface area contributed by atoms with Gasteiger partial charge < -0.3 is 20.5 Å². The number of benzene rings is 1. The molecule has 1 heterocycles. The second-order valence-corrected chi connectivity index (χ2v) is 5.82. The maximum absolute atomic E-state index is 11.8. The molecule has 0 unspecified atom stereocenters. The zero-order chi connectivity index (χ0) is 15.6. The Hall–Kier alpha value is -1.34. The summed E-state index contributed by atoms with van der Waals surface area (Å²) in [4.78, 5) is 22.7. The number of carbonyl (C=O) groups is 2. The highest BCUT2D eigenvalue weighted by Gasteiger charge is 2.33. The minimum atomic E-state index is -1.15. The van der Waals surface area contributed by atoms with Gasteiger partial charge in [-0.25, -0.2) is 4.79 Å². The number of nitrogens with one attached hydrogen (secondary N) is 2. The molecule has 6 nitrogen and oxygen atoms in total. The van der Waals surface area contributed by atoms with Gasteiger partial charge in [0, 0.05) is 13.1 Å². The Morgan fingerprint density at radius 3 is 2.38 bits per heavy atom. The lowest BCUT2D eigenvalue weighted by atomic mass is 10.0.